The summed E-state index contributed by atoms with van der Waals surface area (Å²) in [5.41, 5.74) is 2.45. The second-order valence-electron chi connectivity index (χ2n) is 8.37. The molecular weight excluding hydrogens is 366 g/mol. The lowest BCUT2D eigenvalue weighted by Crippen LogP contribution is -2.49. The minimum absolute atomic E-state index is 0.0773. The predicted molar refractivity (Wildman–Crippen MR) is 113 cm³/mol. The van der Waals surface area contributed by atoms with E-state index < -0.39 is 0 Å². The van der Waals surface area contributed by atoms with Crippen LogP contribution in [0.25, 0.3) is 0 Å². The molecule has 2 aromatic rings. The highest BCUT2D eigenvalue weighted by molar-refractivity contribution is 5.96. The van der Waals surface area contributed by atoms with Crippen LogP contribution in [-0.4, -0.2) is 70.1 Å². The fraction of sp³-hybridized carbons (Fsp3) is 0.619. The first-order valence-corrected chi connectivity index (χ1v) is 10.6. The topological polar surface area (TPSA) is 70.4 Å². The van der Waals surface area contributed by atoms with Crippen molar-refractivity contribution in [3.63, 3.8) is 0 Å². The van der Waals surface area contributed by atoms with Gasteiger partial charge in [0.15, 0.2) is 11.6 Å². The normalized spacial score (nSPS) is 18.4. The second kappa shape index (κ2) is 8.00. The smallest absolute Gasteiger partial charge is 0.257 e. The minimum Gasteiger partial charge on any atom is -0.355 e. The number of hydrogen-bond donors (Lipinski definition) is 0. The Labute approximate surface area is 172 Å². The first-order valence-electron chi connectivity index (χ1n) is 10.6. The first kappa shape index (κ1) is 19.7. The van der Waals surface area contributed by atoms with Gasteiger partial charge in [-0.1, -0.05) is 6.92 Å². The Morgan fingerprint density at radius 2 is 1.48 bits per heavy atom. The first-order chi connectivity index (χ1) is 13.9. The summed E-state index contributed by atoms with van der Waals surface area (Å²) in [5, 5.41) is 13.3. The standard InChI is InChI=1S/C21H31N7O/c1-15-7-9-26(10-8-15)18-5-6-19(23-22-18)27-11-13-28(14-12-27)21(29)20-16(2)24-25(4)17(20)3/h5-6,15H,7-14H2,1-4H3. The molecule has 0 atom stereocenters. The van der Waals surface area contributed by atoms with Crippen LogP contribution in [0.3, 0.4) is 0 Å². The highest BCUT2D eigenvalue weighted by atomic mass is 16.2. The van der Waals surface area contributed by atoms with Crippen molar-refractivity contribution in [2.24, 2.45) is 13.0 Å². The molecule has 2 saturated heterocycles. The van der Waals surface area contributed by atoms with E-state index in [1.807, 2.05) is 25.8 Å². The van der Waals surface area contributed by atoms with Gasteiger partial charge in [-0.2, -0.15) is 5.10 Å². The zero-order valence-electron chi connectivity index (χ0n) is 17.9. The summed E-state index contributed by atoms with van der Waals surface area (Å²) < 4.78 is 1.78. The Morgan fingerprint density at radius 3 is 1.97 bits per heavy atom. The third-order valence-corrected chi connectivity index (χ3v) is 6.36. The molecule has 4 rings (SSSR count). The Morgan fingerprint density at radius 1 is 0.931 bits per heavy atom. The van der Waals surface area contributed by atoms with E-state index in [0.29, 0.717) is 13.1 Å². The average Bonchev–Trinajstić information content (AvgIpc) is 3.00. The molecule has 0 radical (unpaired) electrons. The summed E-state index contributed by atoms with van der Waals surface area (Å²) >= 11 is 0. The number of carbonyl (C=O) groups excluding carboxylic acids is 1. The monoisotopic (exact) mass is 397 g/mol. The van der Waals surface area contributed by atoms with E-state index >= 15 is 0 Å². The number of aromatic nitrogens is 4. The van der Waals surface area contributed by atoms with Gasteiger partial charge >= 0.3 is 0 Å². The molecule has 8 heteroatoms. The van der Waals surface area contributed by atoms with Crippen LogP contribution in [0.4, 0.5) is 11.6 Å². The Hall–Kier alpha value is -2.64. The van der Waals surface area contributed by atoms with Crippen molar-refractivity contribution < 1.29 is 4.79 Å². The van der Waals surface area contributed by atoms with Crippen LogP contribution in [0.5, 0.6) is 0 Å². The zero-order valence-corrected chi connectivity index (χ0v) is 17.9. The van der Waals surface area contributed by atoms with Gasteiger partial charge in [0, 0.05) is 52.0 Å². The molecule has 156 valence electrons. The number of piperidine rings is 1. The minimum atomic E-state index is 0.0773. The molecular formula is C21H31N7O. The van der Waals surface area contributed by atoms with E-state index in [1.165, 1.54) is 12.8 Å². The lowest BCUT2D eigenvalue weighted by molar-refractivity contribution is 0.0745. The van der Waals surface area contributed by atoms with Crippen LogP contribution in [0.1, 0.15) is 41.5 Å². The summed E-state index contributed by atoms with van der Waals surface area (Å²) in [5.74, 6) is 2.74. The van der Waals surface area contributed by atoms with Gasteiger partial charge in [-0.25, -0.2) is 0 Å². The SMILES string of the molecule is Cc1nn(C)c(C)c1C(=O)N1CCN(c2ccc(N3CCC(C)CC3)nn2)CC1. The fourth-order valence-electron chi connectivity index (χ4n) is 4.27. The predicted octanol–water partition coefficient (Wildman–Crippen LogP) is 2.03. The summed E-state index contributed by atoms with van der Waals surface area (Å²) in [6, 6.07) is 4.14. The van der Waals surface area contributed by atoms with Crippen LogP contribution in [0.15, 0.2) is 12.1 Å². The maximum atomic E-state index is 13.0. The van der Waals surface area contributed by atoms with Crippen LogP contribution in [0.2, 0.25) is 0 Å². The molecule has 0 unspecified atom stereocenters. The third kappa shape index (κ3) is 3.93. The highest BCUT2D eigenvalue weighted by Crippen LogP contribution is 2.23. The van der Waals surface area contributed by atoms with Crippen molar-refractivity contribution in [3.05, 3.63) is 29.1 Å². The number of carbonyl (C=O) groups is 1. The van der Waals surface area contributed by atoms with Crippen molar-refractivity contribution in [2.75, 3.05) is 49.1 Å². The zero-order chi connectivity index (χ0) is 20.5. The molecule has 4 heterocycles. The molecule has 29 heavy (non-hydrogen) atoms. The summed E-state index contributed by atoms with van der Waals surface area (Å²) in [6.45, 7) is 11.2. The van der Waals surface area contributed by atoms with E-state index in [2.05, 4.69) is 44.2 Å². The van der Waals surface area contributed by atoms with E-state index in [4.69, 9.17) is 0 Å². The molecule has 2 aliphatic heterocycles. The Kier molecular flexibility index (Phi) is 5.43. The number of piperazine rings is 1. The van der Waals surface area contributed by atoms with E-state index in [9.17, 15) is 4.79 Å². The Balaban J connectivity index is 1.36. The summed E-state index contributed by atoms with van der Waals surface area (Å²) in [7, 11) is 1.88. The lowest BCUT2D eigenvalue weighted by Gasteiger charge is -2.35. The number of anilines is 2. The lowest BCUT2D eigenvalue weighted by atomic mass is 9.99. The van der Waals surface area contributed by atoms with Crippen molar-refractivity contribution in [2.45, 2.75) is 33.6 Å². The molecule has 1 amide bonds. The Bertz CT molecular complexity index is 860. The number of amides is 1. The van der Waals surface area contributed by atoms with Crippen molar-refractivity contribution in [1.29, 1.82) is 0 Å². The van der Waals surface area contributed by atoms with Crippen molar-refractivity contribution in [1.82, 2.24) is 24.9 Å². The van der Waals surface area contributed by atoms with Gasteiger partial charge in [0.2, 0.25) is 0 Å². The van der Waals surface area contributed by atoms with Gasteiger partial charge in [-0.3, -0.25) is 9.48 Å². The average molecular weight is 398 g/mol. The fourth-order valence-corrected chi connectivity index (χ4v) is 4.27. The van der Waals surface area contributed by atoms with Crippen LogP contribution in [-0.2, 0) is 7.05 Å². The van der Waals surface area contributed by atoms with Gasteiger partial charge < -0.3 is 14.7 Å². The summed E-state index contributed by atoms with van der Waals surface area (Å²) in [6.07, 6.45) is 2.44. The maximum absolute atomic E-state index is 13.0. The van der Waals surface area contributed by atoms with Crippen LogP contribution < -0.4 is 9.80 Å². The maximum Gasteiger partial charge on any atom is 0.257 e. The number of rotatable bonds is 3. The summed E-state index contributed by atoms with van der Waals surface area (Å²) in [4.78, 5) is 19.4. The molecule has 0 saturated carbocycles. The van der Waals surface area contributed by atoms with Gasteiger partial charge in [-0.15, -0.1) is 10.2 Å². The molecule has 2 aliphatic rings. The molecule has 0 aromatic carbocycles. The highest BCUT2D eigenvalue weighted by Gasteiger charge is 2.27. The van der Waals surface area contributed by atoms with Gasteiger partial charge in [0.25, 0.3) is 5.91 Å². The van der Waals surface area contributed by atoms with Crippen molar-refractivity contribution >= 4 is 17.5 Å². The van der Waals surface area contributed by atoms with E-state index in [0.717, 1.165) is 60.7 Å². The third-order valence-electron chi connectivity index (χ3n) is 6.36. The van der Waals surface area contributed by atoms with Crippen LogP contribution >= 0.6 is 0 Å². The largest absolute Gasteiger partial charge is 0.355 e. The van der Waals surface area contributed by atoms with Gasteiger partial charge in [0.1, 0.15) is 0 Å². The second-order valence-corrected chi connectivity index (χ2v) is 8.37. The molecule has 0 N–H and O–H groups in total. The van der Waals surface area contributed by atoms with Gasteiger partial charge in [-0.05, 0) is 44.7 Å². The van der Waals surface area contributed by atoms with E-state index in [1.54, 1.807) is 4.68 Å². The molecule has 0 spiro atoms. The van der Waals surface area contributed by atoms with Crippen molar-refractivity contribution in [3.8, 4) is 0 Å². The van der Waals surface area contributed by atoms with Gasteiger partial charge in [0.05, 0.1) is 11.3 Å². The molecule has 2 aromatic heterocycles. The number of hydrogen-bond acceptors (Lipinski definition) is 6. The number of aryl methyl sites for hydroxylation is 2. The van der Waals surface area contributed by atoms with Crippen LogP contribution in [0, 0.1) is 19.8 Å². The van der Waals surface area contributed by atoms with E-state index in [-0.39, 0.29) is 5.91 Å². The molecule has 2 fully saturated rings. The molecule has 8 nitrogen and oxygen atoms in total. The molecule has 0 bridgehead atoms. The quantitative estimate of drug-likeness (QED) is 0.789. The molecule has 0 aliphatic carbocycles. The number of nitrogens with zero attached hydrogens (tertiary/aromatic N) is 7.